The fraction of sp³-hybridized carbons (Fsp3) is 0.647. The summed E-state index contributed by atoms with van der Waals surface area (Å²) in [4.78, 5) is 0. The molecule has 1 N–H and O–H groups in total. The van der Waals surface area contributed by atoms with Gasteiger partial charge >= 0.3 is 0 Å². The maximum Gasteiger partial charge on any atom is -0.00203 e. The number of rotatable bonds is 9. The largest absolute Gasteiger partial charge is 0.319 e. The fourth-order valence-electron chi connectivity index (χ4n) is 2.57. The van der Waals surface area contributed by atoms with Gasteiger partial charge in [-0.3, -0.25) is 0 Å². The predicted octanol–water partition coefficient (Wildman–Crippen LogP) is 4.34. The van der Waals surface area contributed by atoms with E-state index in [0.29, 0.717) is 0 Å². The van der Waals surface area contributed by atoms with Gasteiger partial charge in [0.05, 0.1) is 0 Å². The first-order valence-corrected chi connectivity index (χ1v) is 7.47. The van der Waals surface area contributed by atoms with Gasteiger partial charge in [-0.25, -0.2) is 0 Å². The molecule has 0 saturated heterocycles. The van der Waals surface area contributed by atoms with Crippen LogP contribution in [0.25, 0.3) is 0 Å². The van der Waals surface area contributed by atoms with Crippen LogP contribution in [0.5, 0.6) is 0 Å². The number of hydrogen-bond donors (Lipinski definition) is 1. The molecule has 0 spiro atoms. The summed E-state index contributed by atoms with van der Waals surface area (Å²) in [5, 5.41) is 3.35. The maximum absolute atomic E-state index is 3.35. The lowest BCUT2D eigenvalue weighted by Crippen LogP contribution is -2.21. The summed E-state index contributed by atoms with van der Waals surface area (Å²) in [5.74, 6) is 0.785. The molecule has 18 heavy (non-hydrogen) atoms. The first-order chi connectivity index (χ1) is 8.77. The molecule has 1 aromatic carbocycles. The molecule has 1 nitrogen and oxygen atoms in total. The highest BCUT2D eigenvalue weighted by atomic mass is 14.8. The Hall–Kier alpha value is -0.820. The second kappa shape index (κ2) is 9.16. The molecule has 0 heterocycles. The fourth-order valence-corrected chi connectivity index (χ4v) is 2.57. The zero-order valence-corrected chi connectivity index (χ0v) is 12.3. The van der Waals surface area contributed by atoms with E-state index in [9.17, 15) is 0 Å². The number of aryl methyl sites for hydroxylation is 1. The van der Waals surface area contributed by atoms with Crippen molar-refractivity contribution < 1.29 is 0 Å². The molecule has 1 aromatic rings. The van der Waals surface area contributed by atoms with E-state index < -0.39 is 0 Å². The Morgan fingerprint density at radius 1 is 1.11 bits per heavy atom. The predicted molar refractivity (Wildman–Crippen MR) is 81.1 cm³/mol. The van der Waals surface area contributed by atoms with Crippen molar-refractivity contribution in [2.45, 2.75) is 52.4 Å². The monoisotopic (exact) mass is 247 g/mol. The highest BCUT2D eigenvalue weighted by Gasteiger charge is 2.09. The zero-order chi connectivity index (χ0) is 13.2. The molecule has 1 unspecified atom stereocenters. The standard InChI is InChI=1S/C17H29N/c1-4-5-6-7-11-16(14-18-3)13-17-12-9-8-10-15(17)2/h8-10,12,16,18H,4-7,11,13-14H2,1-3H3. The topological polar surface area (TPSA) is 12.0 Å². The van der Waals surface area contributed by atoms with Crippen molar-refractivity contribution in [1.29, 1.82) is 0 Å². The molecule has 1 heteroatoms. The Bertz CT molecular complexity index is 319. The third kappa shape index (κ3) is 5.68. The van der Waals surface area contributed by atoms with E-state index >= 15 is 0 Å². The van der Waals surface area contributed by atoms with Crippen LogP contribution in [0.3, 0.4) is 0 Å². The minimum Gasteiger partial charge on any atom is -0.319 e. The lowest BCUT2D eigenvalue weighted by atomic mass is 9.91. The van der Waals surface area contributed by atoms with E-state index in [1.54, 1.807) is 0 Å². The van der Waals surface area contributed by atoms with Crippen LogP contribution >= 0.6 is 0 Å². The molecule has 0 aromatic heterocycles. The van der Waals surface area contributed by atoms with E-state index in [4.69, 9.17) is 0 Å². The van der Waals surface area contributed by atoms with Gasteiger partial charge in [-0.1, -0.05) is 56.9 Å². The molecular weight excluding hydrogens is 218 g/mol. The van der Waals surface area contributed by atoms with Gasteiger partial charge in [0.1, 0.15) is 0 Å². The summed E-state index contributed by atoms with van der Waals surface area (Å²) in [5.41, 5.74) is 2.96. The second-order valence-electron chi connectivity index (χ2n) is 5.40. The van der Waals surface area contributed by atoms with Crippen LogP contribution in [-0.2, 0) is 6.42 Å². The maximum atomic E-state index is 3.35. The second-order valence-corrected chi connectivity index (χ2v) is 5.40. The normalized spacial score (nSPS) is 12.6. The van der Waals surface area contributed by atoms with Gasteiger partial charge in [0.15, 0.2) is 0 Å². The molecule has 1 atom stereocenters. The van der Waals surface area contributed by atoms with Crippen molar-refractivity contribution in [3.63, 3.8) is 0 Å². The minimum atomic E-state index is 0.785. The van der Waals surface area contributed by atoms with E-state index in [2.05, 4.69) is 50.5 Å². The first kappa shape index (κ1) is 15.2. The average molecular weight is 247 g/mol. The molecule has 0 bridgehead atoms. The summed E-state index contributed by atoms with van der Waals surface area (Å²) >= 11 is 0. The van der Waals surface area contributed by atoms with E-state index in [0.717, 1.165) is 12.5 Å². The molecule has 0 aliphatic rings. The average Bonchev–Trinajstić information content (AvgIpc) is 2.37. The van der Waals surface area contributed by atoms with Crippen LogP contribution in [0, 0.1) is 12.8 Å². The van der Waals surface area contributed by atoms with Gasteiger partial charge in [0.25, 0.3) is 0 Å². The van der Waals surface area contributed by atoms with Crippen LogP contribution in [0.4, 0.5) is 0 Å². The Labute approximate surface area is 113 Å². The Balaban J connectivity index is 2.44. The molecule has 0 aliphatic carbocycles. The number of hydrogen-bond acceptors (Lipinski definition) is 1. The number of benzene rings is 1. The van der Waals surface area contributed by atoms with Gasteiger partial charge in [-0.15, -0.1) is 0 Å². The SMILES string of the molecule is CCCCCCC(CNC)Cc1ccccc1C. The minimum absolute atomic E-state index is 0.785. The molecule has 0 aliphatic heterocycles. The lowest BCUT2D eigenvalue weighted by Gasteiger charge is -2.17. The van der Waals surface area contributed by atoms with Gasteiger partial charge in [0.2, 0.25) is 0 Å². The third-order valence-corrected chi connectivity index (χ3v) is 3.73. The number of unbranched alkanes of at least 4 members (excludes halogenated alkanes) is 3. The molecule has 0 amide bonds. The third-order valence-electron chi connectivity index (χ3n) is 3.73. The highest BCUT2D eigenvalue weighted by Crippen LogP contribution is 2.18. The summed E-state index contributed by atoms with van der Waals surface area (Å²) < 4.78 is 0. The van der Waals surface area contributed by atoms with E-state index in [1.807, 2.05) is 0 Å². The van der Waals surface area contributed by atoms with Crippen LogP contribution in [0.2, 0.25) is 0 Å². The van der Waals surface area contributed by atoms with Gasteiger partial charge in [0, 0.05) is 0 Å². The first-order valence-electron chi connectivity index (χ1n) is 7.47. The Kier molecular flexibility index (Phi) is 7.75. The Morgan fingerprint density at radius 3 is 2.56 bits per heavy atom. The van der Waals surface area contributed by atoms with Crippen molar-refractivity contribution in [3.05, 3.63) is 35.4 Å². The van der Waals surface area contributed by atoms with Gasteiger partial charge in [-0.2, -0.15) is 0 Å². The van der Waals surface area contributed by atoms with E-state index in [-0.39, 0.29) is 0 Å². The summed E-state index contributed by atoms with van der Waals surface area (Å²) in [6.45, 7) is 5.64. The quantitative estimate of drug-likeness (QED) is 0.640. The van der Waals surface area contributed by atoms with E-state index in [1.165, 1.54) is 49.7 Å². The molecular formula is C17H29N. The summed E-state index contributed by atoms with van der Waals surface area (Å²) in [6.07, 6.45) is 8.07. The molecule has 0 fully saturated rings. The number of nitrogens with one attached hydrogen (secondary N) is 1. The molecule has 102 valence electrons. The van der Waals surface area contributed by atoms with Crippen molar-refractivity contribution in [1.82, 2.24) is 5.32 Å². The van der Waals surface area contributed by atoms with Crippen LogP contribution < -0.4 is 5.32 Å². The highest BCUT2D eigenvalue weighted by molar-refractivity contribution is 5.25. The van der Waals surface area contributed by atoms with Crippen LogP contribution in [0.1, 0.15) is 50.2 Å². The van der Waals surface area contributed by atoms with Crippen molar-refractivity contribution in [2.24, 2.45) is 5.92 Å². The summed E-state index contributed by atoms with van der Waals surface area (Å²) in [7, 11) is 2.07. The smallest absolute Gasteiger partial charge is 0.00203 e. The molecule has 0 saturated carbocycles. The van der Waals surface area contributed by atoms with Crippen molar-refractivity contribution >= 4 is 0 Å². The lowest BCUT2D eigenvalue weighted by molar-refractivity contribution is 0.434. The molecule has 1 rings (SSSR count). The molecule has 0 radical (unpaired) electrons. The van der Waals surface area contributed by atoms with Crippen molar-refractivity contribution in [2.75, 3.05) is 13.6 Å². The van der Waals surface area contributed by atoms with Crippen LogP contribution in [-0.4, -0.2) is 13.6 Å². The van der Waals surface area contributed by atoms with Gasteiger partial charge in [-0.05, 0) is 50.4 Å². The van der Waals surface area contributed by atoms with Gasteiger partial charge < -0.3 is 5.32 Å². The zero-order valence-electron chi connectivity index (χ0n) is 12.3. The van der Waals surface area contributed by atoms with Crippen molar-refractivity contribution in [3.8, 4) is 0 Å². The van der Waals surface area contributed by atoms with Crippen LogP contribution in [0.15, 0.2) is 24.3 Å². The summed E-state index contributed by atoms with van der Waals surface area (Å²) in [6, 6.07) is 8.80. The Morgan fingerprint density at radius 2 is 1.89 bits per heavy atom.